The number of aliphatic hydroxyl groups excluding tert-OH is 1. The second kappa shape index (κ2) is 11.6. The highest BCUT2D eigenvalue weighted by atomic mass is 32.1. The second-order valence-electron chi connectivity index (χ2n) is 6.63. The molecule has 0 radical (unpaired) electrons. The maximum Gasteiger partial charge on any atom is 0.326 e. The number of hydrogen-bond donors (Lipinski definition) is 7. The number of likely N-dealkylation sites (tertiary alicyclic amines) is 1. The highest BCUT2D eigenvalue weighted by Crippen LogP contribution is 2.18. The predicted octanol–water partition coefficient (Wildman–Crippen LogP) is -3.45. The largest absolute Gasteiger partial charge is 0.480 e. The van der Waals surface area contributed by atoms with Crippen LogP contribution in [0.1, 0.15) is 25.7 Å². The van der Waals surface area contributed by atoms with Crippen molar-refractivity contribution in [3.05, 3.63) is 0 Å². The Hall–Kier alpha value is -2.38. The molecule has 0 aromatic heterocycles. The minimum Gasteiger partial charge on any atom is -0.480 e. The molecule has 8 N–H and O–H groups in total. The Bertz CT molecular complexity index is 647. The Morgan fingerprint density at radius 1 is 1.17 bits per heavy atom. The zero-order valence-corrected chi connectivity index (χ0v) is 16.6. The summed E-state index contributed by atoms with van der Waals surface area (Å²) in [5, 5.41) is 22.9. The Labute approximate surface area is 172 Å². The number of rotatable bonds is 11. The number of hydrogen-bond acceptors (Lipinski definition) is 8. The van der Waals surface area contributed by atoms with Crippen molar-refractivity contribution in [2.24, 2.45) is 11.5 Å². The molecule has 12 nitrogen and oxygen atoms in total. The van der Waals surface area contributed by atoms with Crippen molar-refractivity contribution in [2.45, 2.75) is 49.9 Å². The molecule has 1 aliphatic heterocycles. The second-order valence-corrected chi connectivity index (χ2v) is 6.99. The first kappa shape index (κ1) is 24.7. The number of aliphatic carboxylic acids is 1. The van der Waals surface area contributed by atoms with E-state index in [1.165, 1.54) is 4.90 Å². The van der Waals surface area contributed by atoms with E-state index < -0.39 is 60.4 Å². The monoisotopic (exact) mass is 433 g/mol. The molecule has 1 heterocycles. The number of nitrogens with two attached hydrogens (primary N) is 2. The summed E-state index contributed by atoms with van der Waals surface area (Å²) >= 11 is 4.01. The Morgan fingerprint density at radius 2 is 1.83 bits per heavy atom. The number of nitrogens with zero attached hydrogens (tertiary/aromatic N) is 1. The molecular weight excluding hydrogens is 406 g/mol. The fourth-order valence-electron chi connectivity index (χ4n) is 2.87. The van der Waals surface area contributed by atoms with Crippen molar-refractivity contribution in [2.75, 3.05) is 18.9 Å². The Kier molecular flexibility index (Phi) is 9.85. The first-order valence-corrected chi connectivity index (χ1v) is 9.65. The third-order valence-electron chi connectivity index (χ3n) is 4.46. The van der Waals surface area contributed by atoms with E-state index in [-0.39, 0.29) is 25.1 Å². The number of carbonyl (C=O) groups excluding carboxylic acids is 4. The molecule has 0 aromatic rings. The summed E-state index contributed by atoms with van der Waals surface area (Å²) < 4.78 is 0. The topological polar surface area (TPSA) is 205 Å². The molecular formula is C16H27N5O7S. The summed E-state index contributed by atoms with van der Waals surface area (Å²) in [6.07, 6.45) is 0.466. The standard InChI is InChI=1S/C16H27N5O7S/c17-8(6-22)15(26)21-5-1-2-11(21)14(25)20-10(7-29)13(24)19-9(16(27)28)3-4-12(18)23/h8-11,22,29H,1-7,17H2,(H2,18,23)(H,19,24)(H,20,25)(H,27,28). The Morgan fingerprint density at radius 3 is 2.34 bits per heavy atom. The molecule has 0 saturated carbocycles. The summed E-state index contributed by atoms with van der Waals surface area (Å²) in [7, 11) is 0. The third-order valence-corrected chi connectivity index (χ3v) is 4.83. The molecule has 1 fully saturated rings. The number of carboxylic acid groups (broad SMARTS) is 1. The van der Waals surface area contributed by atoms with Gasteiger partial charge in [-0.2, -0.15) is 12.6 Å². The average molecular weight is 433 g/mol. The van der Waals surface area contributed by atoms with Crippen LogP contribution in [0, 0.1) is 0 Å². The van der Waals surface area contributed by atoms with E-state index in [2.05, 4.69) is 23.3 Å². The highest BCUT2D eigenvalue weighted by molar-refractivity contribution is 7.80. The van der Waals surface area contributed by atoms with Gasteiger partial charge in [0.2, 0.25) is 23.6 Å². The van der Waals surface area contributed by atoms with Crippen LogP contribution in [0.15, 0.2) is 0 Å². The molecule has 1 rings (SSSR count). The van der Waals surface area contributed by atoms with Gasteiger partial charge < -0.3 is 37.2 Å². The van der Waals surface area contributed by atoms with Gasteiger partial charge in [-0.1, -0.05) is 0 Å². The van der Waals surface area contributed by atoms with Gasteiger partial charge in [-0.05, 0) is 19.3 Å². The van der Waals surface area contributed by atoms with Crippen molar-refractivity contribution in [3.63, 3.8) is 0 Å². The summed E-state index contributed by atoms with van der Waals surface area (Å²) in [6.45, 7) is -0.274. The van der Waals surface area contributed by atoms with E-state index in [0.717, 1.165) is 0 Å². The zero-order valence-electron chi connectivity index (χ0n) is 15.7. The van der Waals surface area contributed by atoms with Gasteiger partial charge in [-0.15, -0.1) is 0 Å². The summed E-state index contributed by atoms with van der Waals surface area (Å²) in [4.78, 5) is 60.5. The number of amides is 4. The van der Waals surface area contributed by atoms with Crippen LogP contribution < -0.4 is 22.1 Å². The molecule has 4 amide bonds. The van der Waals surface area contributed by atoms with E-state index in [1.807, 2.05) is 0 Å². The zero-order chi connectivity index (χ0) is 22.1. The van der Waals surface area contributed by atoms with Crippen molar-refractivity contribution in [1.29, 1.82) is 0 Å². The van der Waals surface area contributed by atoms with Crippen LogP contribution in [0.5, 0.6) is 0 Å². The maximum atomic E-state index is 12.6. The molecule has 0 aliphatic carbocycles. The lowest BCUT2D eigenvalue weighted by molar-refractivity contribution is -0.143. The summed E-state index contributed by atoms with van der Waals surface area (Å²) in [5.41, 5.74) is 10.5. The van der Waals surface area contributed by atoms with Gasteiger partial charge in [-0.25, -0.2) is 4.79 Å². The summed E-state index contributed by atoms with van der Waals surface area (Å²) in [6, 6.07) is -4.53. The quantitative estimate of drug-likeness (QED) is 0.163. The van der Waals surface area contributed by atoms with Gasteiger partial charge >= 0.3 is 5.97 Å². The van der Waals surface area contributed by atoms with Crippen LogP contribution in [0.2, 0.25) is 0 Å². The van der Waals surface area contributed by atoms with Crippen LogP contribution in [0.4, 0.5) is 0 Å². The first-order chi connectivity index (χ1) is 13.6. The number of carboxylic acids is 1. The number of carbonyl (C=O) groups is 5. The van der Waals surface area contributed by atoms with Crippen LogP contribution >= 0.6 is 12.6 Å². The smallest absolute Gasteiger partial charge is 0.326 e. The van der Waals surface area contributed by atoms with Crippen LogP contribution in [-0.2, 0) is 24.0 Å². The maximum absolute atomic E-state index is 12.6. The lowest BCUT2D eigenvalue weighted by Gasteiger charge is -2.27. The number of aliphatic hydroxyl groups is 1. The number of nitrogens with one attached hydrogen (secondary N) is 2. The SMILES string of the molecule is NC(=O)CCC(NC(=O)C(CS)NC(=O)C1CCCN1C(=O)C(N)CO)C(=O)O. The molecule has 4 unspecified atom stereocenters. The van der Waals surface area contributed by atoms with Crippen LogP contribution in [0.25, 0.3) is 0 Å². The lowest BCUT2D eigenvalue weighted by Crippen LogP contribution is -2.57. The lowest BCUT2D eigenvalue weighted by atomic mass is 10.1. The molecule has 1 saturated heterocycles. The normalized spacial score (nSPS) is 19.1. The van der Waals surface area contributed by atoms with E-state index in [1.54, 1.807) is 0 Å². The van der Waals surface area contributed by atoms with Gasteiger partial charge in [0.05, 0.1) is 6.61 Å². The molecule has 1 aliphatic rings. The van der Waals surface area contributed by atoms with Gasteiger partial charge in [0, 0.05) is 18.7 Å². The minimum absolute atomic E-state index is 0.128. The predicted molar refractivity (Wildman–Crippen MR) is 104 cm³/mol. The van der Waals surface area contributed by atoms with Crippen LogP contribution in [0.3, 0.4) is 0 Å². The van der Waals surface area contributed by atoms with E-state index in [0.29, 0.717) is 12.8 Å². The van der Waals surface area contributed by atoms with Gasteiger partial charge in [0.15, 0.2) is 0 Å². The molecule has 0 bridgehead atoms. The third kappa shape index (κ3) is 7.18. The average Bonchev–Trinajstić information content (AvgIpc) is 3.17. The molecule has 13 heteroatoms. The molecule has 0 spiro atoms. The number of thiol groups is 1. The van der Waals surface area contributed by atoms with Crippen molar-refractivity contribution in [1.82, 2.24) is 15.5 Å². The van der Waals surface area contributed by atoms with Crippen molar-refractivity contribution in [3.8, 4) is 0 Å². The number of primary amides is 1. The molecule has 29 heavy (non-hydrogen) atoms. The highest BCUT2D eigenvalue weighted by Gasteiger charge is 2.37. The Balaban J connectivity index is 2.76. The first-order valence-electron chi connectivity index (χ1n) is 9.02. The molecule has 4 atom stereocenters. The minimum atomic E-state index is -1.36. The fraction of sp³-hybridized carbons (Fsp3) is 0.688. The van der Waals surface area contributed by atoms with E-state index in [4.69, 9.17) is 21.7 Å². The van der Waals surface area contributed by atoms with Gasteiger partial charge in [0.1, 0.15) is 24.2 Å². The van der Waals surface area contributed by atoms with Gasteiger partial charge in [0.25, 0.3) is 0 Å². The molecule has 164 valence electrons. The van der Waals surface area contributed by atoms with Crippen molar-refractivity contribution < 1.29 is 34.2 Å². The van der Waals surface area contributed by atoms with Crippen LogP contribution in [-0.4, -0.2) is 87.8 Å². The summed E-state index contributed by atoms with van der Waals surface area (Å²) in [5.74, 6) is -4.18. The van der Waals surface area contributed by atoms with E-state index in [9.17, 15) is 24.0 Å². The van der Waals surface area contributed by atoms with Gasteiger partial charge in [-0.3, -0.25) is 19.2 Å². The fourth-order valence-corrected chi connectivity index (χ4v) is 3.13. The molecule has 0 aromatic carbocycles. The van der Waals surface area contributed by atoms with E-state index >= 15 is 0 Å². The van der Waals surface area contributed by atoms with Crippen molar-refractivity contribution >= 4 is 42.2 Å².